The van der Waals surface area contributed by atoms with E-state index in [4.69, 9.17) is 0 Å². The van der Waals surface area contributed by atoms with Gasteiger partial charge in [-0.3, -0.25) is 0 Å². The number of nitrogens with one attached hydrogen (secondary N) is 1. The van der Waals surface area contributed by atoms with Crippen LogP contribution >= 0.6 is 27.3 Å². The molecule has 0 radical (unpaired) electrons. The summed E-state index contributed by atoms with van der Waals surface area (Å²) in [5.41, 5.74) is 1.14. The Labute approximate surface area is 98.3 Å². The Bertz CT molecular complexity index is 277. The molecule has 1 heterocycles. The second kappa shape index (κ2) is 5.12. The van der Waals surface area contributed by atoms with Crippen LogP contribution in [0.4, 0.5) is 5.13 Å². The zero-order valence-electron chi connectivity index (χ0n) is 9.10. The lowest BCUT2D eigenvalue weighted by Gasteiger charge is -2.13. The molecule has 14 heavy (non-hydrogen) atoms. The number of aromatic nitrogens is 1. The van der Waals surface area contributed by atoms with Gasteiger partial charge in [-0.15, -0.1) is 11.3 Å². The second-order valence-corrected chi connectivity index (χ2v) is 6.49. The van der Waals surface area contributed by atoms with Crippen molar-refractivity contribution in [1.29, 1.82) is 0 Å². The van der Waals surface area contributed by atoms with Gasteiger partial charge in [-0.25, -0.2) is 4.98 Å². The van der Waals surface area contributed by atoms with E-state index in [1.165, 1.54) is 4.88 Å². The summed E-state index contributed by atoms with van der Waals surface area (Å²) in [6.07, 6.45) is 1.11. The molecule has 1 N–H and O–H groups in total. The van der Waals surface area contributed by atoms with Crippen LogP contribution in [0.15, 0.2) is 0 Å². The molecule has 80 valence electrons. The van der Waals surface area contributed by atoms with Crippen LogP contribution < -0.4 is 5.32 Å². The lowest BCUT2D eigenvalue weighted by Crippen LogP contribution is -2.18. The van der Waals surface area contributed by atoms with E-state index in [1.54, 1.807) is 11.3 Å². The summed E-state index contributed by atoms with van der Waals surface area (Å²) < 4.78 is 0. The zero-order chi connectivity index (χ0) is 10.7. The number of hydrogen-bond acceptors (Lipinski definition) is 3. The Balaban J connectivity index is 2.51. The van der Waals surface area contributed by atoms with Crippen LogP contribution in [-0.4, -0.2) is 15.9 Å². The highest BCUT2D eigenvalue weighted by Gasteiger charge is 2.09. The summed E-state index contributed by atoms with van der Waals surface area (Å²) in [5, 5.41) is 4.45. The highest BCUT2D eigenvalue weighted by Crippen LogP contribution is 2.22. The van der Waals surface area contributed by atoms with Crippen LogP contribution in [0.5, 0.6) is 0 Å². The van der Waals surface area contributed by atoms with Crippen molar-refractivity contribution in [2.45, 2.75) is 45.0 Å². The van der Waals surface area contributed by atoms with Crippen molar-refractivity contribution in [1.82, 2.24) is 4.98 Å². The van der Waals surface area contributed by atoms with Crippen molar-refractivity contribution < 1.29 is 0 Å². The van der Waals surface area contributed by atoms with Crippen molar-refractivity contribution >= 4 is 32.4 Å². The first-order valence-electron chi connectivity index (χ1n) is 4.83. The van der Waals surface area contributed by atoms with Gasteiger partial charge in [0.05, 0.1) is 5.69 Å². The third kappa shape index (κ3) is 3.58. The molecule has 2 unspecified atom stereocenters. The molecule has 0 spiro atoms. The Hall–Kier alpha value is -0.0900. The Kier molecular flexibility index (Phi) is 4.38. The number of halogens is 1. The molecule has 0 saturated heterocycles. The number of rotatable bonds is 4. The van der Waals surface area contributed by atoms with E-state index in [1.807, 2.05) is 0 Å². The maximum Gasteiger partial charge on any atom is 0.183 e. The molecule has 0 aliphatic carbocycles. The minimum Gasteiger partial charge on any atom is -0.359 e. The normalized spacial score (nSPS) is 15.2. The summed E-state index contributed by atoms with van der Waals surface area (Å²) in [6, 6.07) is 0.467. The molecule has 2 nitrogen and oxygen atoms in total. The topological polar surface area (TPSA) is 24.9 Å². The van der Waals surface area contributed by atoms with E-state index in [9.17, 15) is 0 Å². The third-order valence-electron chi connectivity index (χ3n) is 2.08. The average Bonchev–Trinajstić information content (AvgIpc) is 2.28. The largest absolute Gasteiger partial charge is 0.359 e. The van der Waals surface area contributed by atoms with Gasteiger partial charge in [0.15, 0.2) is 5.13 Å². The van der Waals surface area contributed by atoms with Crippen LogP contribution in [-0.2, 0) is 0 Å². The maximum absolute atomic E-state index is 4.45. The first-order chi connectivity index (χ1) is 6.49. The number of nitrogens with zero attached hydrogens (tertiary/aromatic N) is 1. The molecular weight excluding hydrogens is 260 g/mol. The van der Waals surface area contributed by atoms with Crippen LogP contribution in [0.1, 0.15) is 30.8 Å². The fraction of sp³-hybridized carbons (Fsp3) is 0.700. The van der Waals surface area contributed by atoms with Crippen molar-refractivity contribution in [3.05, 3.63) is 10.6 Å². The van der Waals surface area contributed by atoms with Gasteiger partial charge in [0.25, 0.3) is 0 Å². The fourth-order valence-electron chi connectivity index (χ4n) is 1.29. The lowest BCUT2D eigenvalue weighted by molar-refractivity contribution is 0.707. The smallest absolute Gasteiger partial charge is 0.183 e. The third-order valence-corrected chi connectivity index (χ3v) is 3.45. The van der Waals surface area contributed by atoms with Gasteiger partial charge in [-0.1, -0.05) is 22.9 Å². The molecule has 0 aromatic carbocycles. The van der Waals surface area contributed by atoms with Gasteiger partial charge in [0.1, 0.15) is 0 Å². The maximum atomic E-state index is 4.45. The van der Waals surface area contributed by atoms with Crippen molar-refractivity contribution in [3.63, 3.8) is 0 Å². The molecule has 0 aliphatic heterocycles. The molecule has 1 aromatic rings. The molecule has 2 atom stereocenters. The predicted octanol–water partition coefficient (Wildman–Crippen LogP) is 3.73. The van der Waals surface area contributed by atoms with E-state index in [-0.39, 0.29) is 0 Å². The molecule has 4 heteroatoms. The average molecular weight is 277 g/mol. The summed E-state index contributed by atoms with van der Waals surface area (Å²) in [5.74, 6) is 0. The zero-order valence-corrected chi connectivity index (χ0v) is 11.5. The fourth-order valence-corrected chi connectivity index (χ4v) is 2.78. The van der Waals surface area contributed by atoms with Crippen LogP contribution in [0, 0.1) is 13.8 Å². The summed E-state index contributed by atoms with van der Waals surface area (Å²) in [4.78, 5) is 6.30. The van der Waals surface area contributed by atoms with Gasteiger partial charge >= 0.3 is 0 Å². The predicted molar refractivity (Wildman–Crippen MR) is 67.7 cm³/mol. The first-order valence-corrected chi connectivity index (χ1v) is 6.57. The van der Waals surface area contributed by atoms with Crippen LogP contribution in [0.3, 0.4) is 0 Å². The Morgan fingerprint density at radius 3 is 2.50 bits per heavy atom. The van der Waals surface area contributed by atoms with Gasteiger partial charge in [-0.2, -0.15) is 0 Å². The van der Waals surface area contributed by atoms with Crippen molar-refractivity contribution in [2.75, 3.05) is 5.32 Å². The second-order valence-electron chi connectivity index (χ2n) is 3.72. The lowest BCUT2D eigenvalue weighted by atomic mass is 10.2. The van der Waals surface area contributed by atoms with Gasteiger partial charge in [-0.05, 0) is 27.2 Å². The molecule has 0 aliphatic rings. The number of hydrogen-bond donors (Lipinski definition) is 1. The van der Waals surface area contributed by atoms with Gasteiger partial charge in [0, 0.05) is 15.7 Å². The molecule has 0 saturated carbocycles. The SMILES string of the molecule is Cc1nc(NC(C)CC(C)Br)sc1C. The molecule has 1 aromatic heterocycles. The molecular formula is C10H17BrN2S. The summed E-state index contributed by atoms with van der Waals surface area (Å²) in [6.45, 7) is 8.51. The molecule has 0 fully saturated rings. The van der Waals surface area contributed by atoms with Crippen LogP contribution in [0.25, 0.3) is 0 Å². The minimum atomic E-state index is 0.467. The van der Waals surface area contributed by atoms with E-state index in [0.717, 1.165) is 17.2 Å². The van der Waals surface area contributed by atoms with Crippen molar-refractivity contribution in [3.8, 4) is 0 Å². The van der Waals surface area contributed by atoms with E-state index < -0.39 is 0 Å². The minimum absolute atomic E-state index is 0.467. The highest BCUT2D eigenvalue weighted by molar-refractivity contribution is 9.09. The number of aryl methyl sites for hydroxylation is 2. The summed E-state index contributed by atoms with van der Waals surface area (Å²) in [7, 11) is 0. The van der Waals surface area contributed by atoms with Gasteiger partial charge < -0.3 is 5.32 Å². The number of alkyl halides is 1. The van der Waals surface area contributed by atoms with Crippen LogP contribution in [0.2, 0.25) is 0 Å². The summed E-state index contributed by atoms with van der Waals surface area (Å²) >= 11 is 5.28. The Morgan fingerprint density at radius 1 is 1.43 bits per heavy atom. The van der Waals surface area contributed by atoms with E-state index in [2.05, 4.69) is 53.9 Å². The molecule has 0 amide bonds. The quantitative estimate of drug-likeness (QED) is 0.848. The Morgan fingerprint density at radius 2 is 2.07 bits per heavy atom. The monoisotopic (exact) mass is 276 g/mol. The van der Waals surface area contributed by atoms with E-state index in [0.29, 0.717) is 10.9 Å². The standard InChI is InChI=1S/C10H17BrN2S/c1-6(11)5-7(2)12-10-13-8(3)9(4)14-10/h6-7H,5H2,1-4H3,(H,12,13). The van der Waals surface area contributed by atoms with E-state index >= 15 is 0 Å². The number of anilines is 1. The molecule has 1 rings (SSSR count). The molecule has 0 bridgehead atoms. The van der Waals surface area contributed by atoms with Crippen molar-refractivity contribution in [2.24, 2.45) is 0 Å². The number of thiazole rings is 1. The highest BCUT2D eigenvalue weighted by atomic mass is 79.9. The first kappa shape index (κ1) is 12.0. The van der Waals surface area contributed by atoms with Gasteiger partial charge in [0.2, 0.25) is 0 Å².